The van der Waals surface area contributed by atoms with Crippen molar-refractivity contribution in [2.45, 2.75) is 0 Å². The van der Waals surface area contributed by atoms with E-state index in [0.29, 0.717) is 34.5 Å². The van der Waals surface area contributed by atoms with E-state index in [1.54, 1.807) is 25.6 Å². The fourth-order valence-electron chi connectivity index (χ4n) is 2.49. The Morgan fingerprint density at radius 3 is 2.80 bits per heavy atom. The summed E-state index contributed by atoms with van der Waals surface area (Å²) in [6, 6.07) is 11.4. The number of para-hydroxylation sites is 1. The molecule has 0 fully saturated rings. The van der Waals surface area contributed by atoms with Gasteiger partial charge in [0, 0.05) is 0 Å². The zero-order valence-corrected chi connectivity index (χ0v) is 14.3. The van der Waals surface area contributed by atoms with Crippen molar-refractivity contribution >= 4 is 11.3 Å². The number of aromatic amines is 1. The largest absolute Gasteiger partial charge is 0.493 e. The van der Waals surface area contributed by atoms with Crippen LogP contribution in [0.3, 0.4) is 0 Å². The van der Waals surface area contributed by atoms with Gasteiger partial charge in [-0.3, -0.25) is 5.10 Å². The first-order valence-electron chi connectivity index (χ1n) is 7.45. The molecule has 0 saturated carbocycles. The number of hydrogen-bond donors (Lipinski definition) is 1. The fourth-order valence-corrected chi connectivity index (χ4v) is 3.18. The highest BCUT2D eigenvalue weighted by Gasteiger charge is 2.19. The summed E-state index contributed by atoms with van der Waals surface area (Å²) < 4.78 is 16.1. The molecule has 3 aromatic heterocycles. The second kappa shape index (κ2) is 6.40. The van der Waals surface area contributed by atoms with Crippen molar-refractivity contribution in [1.82, 2.24) is 20.3 Å². The van der Waals surface area contributed by atoms with Crippen LogP contribution in [0.25, 0.3) is 33.5 Å². The van der Waals surface area contributed by atoms with Gasteiger partial charge >= 0.3 is 0 Å². The molecule has 0 aliphatic rings. The third kappa shape index (κ3) is 2.76. The minimum Gasteiger partial charge on any atom is -0.493 e. The maximum absolute atomic E-state index is 5.42. The summed E-state index contributed by atoms with van der Waals surface area (Å²) in [7, 11) is 3.16. The molecule has 0 aliphatic heterocycles. The van der Waals surface area contributed by atoms with Crippen molar-refractivity contribution in [2.75, 3.05) is 14.2 Å². The predicted octanol–water partition coefficient (Wildman–Crippen LogP) is 3.87. The summed E-state index contributed by atoms with van der Waals surface area (Å²) in [6.07, 6.45) is 0. The van der Waals surface area contributed by atoms with E-state index < -0.39 is 0 Å². The lowest BCUT2D eigenvalue weighted by molar-refractivity contribution is 0.355. The molecule has 1 aromatic carbocycles. The van der Waals surface area contributed by atoms with Crippen molar-refractivity contribution in [3.63, 3.8) is 0 Å². The number of nitrogens with one attached hydrogen (secondary N) is 1. The maximum atomic E-state index is 5.42. The monoisotopic (exact) mass is 354 g/mol. The summed E-state index contributed by atoms with van der Waals surface area (Å²) in [5.74, 6) is 1.90. The Bertz CT molecular complexity index is 991. The van der Waals surface area contributed by atoms with Gasteiger partial charge in [0.15, 0.2) is 17.2 Å². The maximum Gasteiger partial charge on any atom is 0.278 e. The Kier molecular flexibility index (Phi) is 3.95. The predicted molar refractivity (Wildman–Crippen MR) is 93.7 cm³/mol. The third-order valence-electron chi connectivity index (χ3n) is 3.65. The molecule has 0 saturated heterocycles. The summed E-state index contributed by atoms with van der Waals surface area (Å²) in [4.78, 5) is 5.53. The normalized spacial score (nSPS) is 10.8. The molecule has 0 radical (unpaired) electrons. The fraction of sp³-hybridized carbons (Fsp3) is 0.118. The Labute approximate surface area is 147 Å². The molecule has 0 spiro atoms. The minimum absolute atomic E-state index is 0.332. The molecule has 25 heavy (non-hydrogen) atoms. The van der Waals surface area contributed by atoms with Crippen LogP contribution < -0.4 is 9.47 Å². The van der Waals surface area contributed by atoms with Crippen molar-refractivity contribution in [2.24, 2.45) is 0 Å². The summed E-state index contributed by atoms with van der Waals surface area (Å²) >= 11 is 1.63. The zero-order valence-electron chi connectivity index (χ0n) is 13.5. The molecular weight excluding hydrogens is 340 g/mol. The van der Waals surface area contributed by atoms with E-state index in [0.717, 1.165) is 10.6 Å². The average molecular weight is 354 g/mol. The van der Waals surface area contributed by atoms with Crippen molar-refractivity contribution in [1.29, 1.82) is 0 Å². The third-order valence-corrected chi connectivity index (χ3v) is 4.56. The van der Waals surface area contributed by atoms with Crippen LogP contribution in [0, 0.1) is 0 Å². The van der Waals surface area contributed by atoms with E-state index in [1.807, 2.05) is 41.8 Å². The van der Waals surface area contributed by atoms with Gasteiger partial charge in [0.2, 0.25) is 5.82 Å². The average Bonchev–Trinajstić information content (AvgIpc) is 3.40. The van der Waals surface area contributed by atoms with Gasteiger partial charge in [-0.05, 0) is 29.6 Å². The lowest BCUT2D eigenvalue weighted by Crippen LogP contribution is -1.94. The number of H-pyrrole nitrogens is 1. The molecule has 7 nitrogen and oxygen atoms in total. The van der Waals surface area contributed by atoms with Gasteiger partial charge in [-0.1, -0.05) is 17.3 Å². The highest BCUT2D eigenvalue weighted by Crippen LogP contribution is 2.37. The number of methoxy groups -OCH3 is 2. The first-order chi connectivity index (χ1) is 12.3. The first kappa shape index (κ1) is 15.4. The zero-order chi connectivity index (χ0) is 17.2. The molecule has 0 bridgehead atoms. The number of ether oxygens (including phenoxy) is 2. The van der Waals surface area contributed by atoms with E-state index in [4.69, 9.17) is 14.0 Å². The van der Waals surface area contributed by atoms with Crippen LogP contribution in [0.15, 0.2) is 46.3 Å². The Hall–Kier alpha value is -3.13. The number of rotatable bonds is 5. The Morgan fingerprint density at radius 2 is 2.04 bits per heavy atom. The molecule has 0 unspecified atom stereocenters. The van der Waals surface area contributed by atoms with E-state index in [9.17, 15) is 0 Å². The number of aromatic nitrogens is 4. The molecule has 4 rings (SSSR count). The van der Waals surface area contributed by atoms with E-state index in [-0.39, 0.29) is 0 Å². The standard InChI is InChI=1S/C17H14N4O3S/c1-22-13-6-3-5-10(15(13)23-2)16-18-17(24-21-16)12-9-11(19-20-12)14-7-4-8-25-14/h3-9H,1-2H3,(H,19,20). The summed E-state index contributed by atoms with van der Waals surface area (Å²) in [5.41, 5.74) is 2.18. The molecular formula is C17H14N4O3S. The minimum atomic E-state index is 0.332. The molecule has 4 aromatic rings. The van der Waals surface area contributed by atoms with Gasteiger partial charge in [0.1, 0.15) is 0 Å². The van der Waals surface area contributed by atoms with Crippen LogP contribution in [0.1, 0.15) is 0 Å². The molecule has 1 N–H and O–H groups in total. The molecule has 8 heteroatoms. The van der Waals surface area contributed by atoms with E-state index >= 15 is 0 Å². The van der Waals surface area contributed by atoms with Gasteiger partial charge in [-0.15, -0.1) is 11.3 Å². The Balaban J connectivity index is 1.70. The Morgan fingerprint density at radius 1 is 1.12 bits per heavy atom. The van der Waals surface area contributed by atoms with Crippen LogP contribution in [0.4, 0.5) is 0 Å². The lowest BCUT2D eigenvalue weighted by Gasteiger charge is -2.09. The molecule has 126 valence electrons. The highest BCUT2D eigenvalue weighted by atomic mass is 32.1. The van der Waals surface area contributed by atoms with Gasteiger partial charge < -0.3 is 14.0 Å². The summed E-state index contributed by atoms with van der Waals surface area (Å²) in [5, 5.41) is 13.3. The van der Waals surface area contributed by atoms with Crippen LogP contribution in [0.5, 0.6) is 11.5 Å². The van der Waals surface area contributed by atoms with Gasteiger partial charge in [-0.25, -0.2) is 0 Å². The quantitative estimate of drug-likeness (QED) is 0.585. The SMILES string of the molecule is COc1cccc(-c2noc(-c3cc(-c4cccs4)[nH]n3)n2)c1OC. The van der Waals surface area contributed by atoms with Crippen molar-refractivity contribution < 1.29 is 14.0 Å². The van der Waals surface area contributed by atoms with E-state index in [2.05, 4.69) is 20.3 Å². The molecule has 0 atom stereocenters. The van der Waals surface area contributed by atoms with Crippen LogP contribution in [0.2, 0.25) is 0 Å². The van der Waals surface area contributed by atoms with Crippen LogP contribution >= 0.6 is 11.3 Å². The number of nitrogens with zero attached hydrogens (tertiary/aromatic N) is 3. The smallest absolute Gasteiger partial charge is 0.278 e. The number of thiophene rings is 1. The highest BCUT2D eigenvalue weighted by molar-refractivity contribution is 7.13. The second-order valence-corrected chi connectivity index (χ2v) is 6.06. The summed E-state index contributed by atoms with van der Waals surface area (Å²) in [6.45, 7) is 0. The van der Waals surface area contributed by atoms with Crippen LogP contribution in [-0.2, 0) is 0 Å². The first-order valence-corrected chi connectivity index (χ1v) is 8.33. The number of benzene rings is 1. The van der Waals surface area contributed by atoms with Gasteiger partial charge in [0.05, 0.1) is 30.4 Å². The van der Waals surface area contributed by atoms with Crippen molar-refractivity contribution in [3.05, 3.63) is 41.8 Å². The van der Waals surface area contributed by atoms with E-state index in [1.165, 1.54) is 0 Å². The molecule has 0 amide bonds. The topological polar surface area (TPSA) is 86.1 Å². The second-order valence-electron chi connectivity index (χ2n) is 5.11. The lowest BCUT2D eigenvalue weighted by atomic mass is 10.1. The van der Waals surface area contributed by atoms with Gasteiger partial charge in [0.25, 0.3) is 5.89 Å². The van der Waals surface area contributed by atoms with Crippen LogP contribution in [-0.4, -0.2) is 34.6 Å². The number of hydrogen-bond acceptors (Lipinski definition) is 7. The van der Waals surface area contributed by atoms with Gasteiger partial charge in [-0.2, -0.15) is 10.1 Å². The van der Waals surface area contributed by atoms with Crippen molar-refractivity contribution in [3.8, 4) is 45.0 Å². The molecule has 3 heterocycles. The molecule has 0 aliphatic carbocycles.